The second-order valence-electron chi connectivity index (χ2n) is 3.68. The molecule has 15 heavy (non-hydrogen) atoms. The van der Waals surface area contributed by atoms with Gasteiger partial charge in [0.2, 0.25) is 0 Å². The first-order chi connectivity index (χ1) is 7.40. The molecule has 0 radical (unpaired) electrons. The molecular formula is C14H15N. The number of benzene rings is 1. The van der Waals surface area contributed by atoms with Crippen molar-refractivity contribution in [1.29, 1.82) is 0 Å². The van der Waals surface area contributed by atoms with Crippen LogP contribution in [0.5, 0.6) is 0 Å². The molecule has 1 nitrogen and oxygen atoms in total. The molecule has 0 aliphatic carbocycles. The zero-order valence-electron chi connectivity index (χ0n) is 9.01. The van der Waals surface area contributed by atoms with E-state index in [1.165, 1.54) is 18.2 Å². The van der Waals surface area contributed by atoms with Gasteiger partial charge in [-0.3, -0.25) is 0 Å². The van der Waals surface area contributed by atoms with Crippen LogP contribution >= 0.6 is 0 Å². The molecule has 1 heterocycles. The van der Waals surface area contributed by atoms with Crippen LogP contribution in [-0.2, 0) is 0 Å². The van der Waals surface area contributed by atoms with Crippen LogP contribution in [0.15, 0.2) is 30.3 Å². The summed E-state index contributed by atoms with van der Waals surface area (Å²) in [4.78, 5) is 3.30. The number of rotatable bonds is 2. The summed E-state index contributed by atoms with van der Waals surface area (Å²) < 4.78 is 0. The number of H-pyrrole nitrogens is 1. The van der Waals surface area contributed by atoms with Crippen LogP contribution in [0.4, 0.5) is 0 Å². The van der Waals surface area contributed by atoms with E-state index in [4.69, 9.17) is 0 Å². The molecule has 0 spiro atoms. The van der Waals surface area contributed by atoms with Crippen LogP contribution in [-0.4, -0.2) is 4.98 Å². The van der Waals surface area contributed by atoms with Crippen molar-refractivity contribution in [3.8, 4) is 11.8 Å². The number of hydrogen-bond donors (Lipinski definition) is 1. The molecule has 0 aliphatic heterocycles. The summed E-state index contributed by atoms with van der Waals surface area (Å²) in [5.74, 6) is 6.35. The lowest BCUT2D eigenvalue weighted by Crippen LogP contribution is -1.72. The maximum absolute atomic E-state index is 3.30. The maximum Gasteiger partial charge on any atom is 0.0904 e. The van der Waals surface area contributed by atoms with Crippen LogP contribution in [0.2, 0.25) is 0 Å². The van der Waals surface area contributed by atoms with Gasteiger partial charge in [-0.25, -0.2) is 0 Å². The Hall–Kier alpha value is -1.68. The minimum Gasteiger partial charge on any atom is -0.348 e. The molecule has 0 amide bonds. The average molecular weight is 197 g/mol. The minimum absolute atomic E-state index is 0.992. The molecule has 2 rings (SSSR count). The fraction of sp³-hybridized carbons (Fsp3) is 0.286. The molecule has 0 aliphatic rings. The van der Waals surface area contributed by atoms with Crippen LogP contribution in [0, 0.1) is 11.8 Å². The third kappa shape index (κ3) is 2.41. The monoisotopic (exact) mass is 197 g/mol. The molecule has 0 atom stereocenters. The highest BCUT2D eigenvalue weighted by atomic mass is 14.7. The molecule has 0 saturated heterocycles. The summed E-state index contributed by atoms with van der Waals surface area (Å²) in [6.45, 7) is 2.19. The fourth-order valence-electron chi connectivity index (χ4n) is 1.56. The number of para-hydroxylation sites is 1. The topological polar surface area (TPSA) is 15.8 Å². The summed E-state index contributed by atoms with van der Waals surface area (Å²) in [6, 6.07) is 10.4. The highest BCUT2D eigenvalue weighted by Crippen LogP contribution is 2.13. The highest BCUT2D eigenvalue weighted by molar-refractivity contribution is 5.81. The summed E-state index contributed by atoms with van der Waals surface area (Å²) >= 11 is 0. The quantitative estimate of drug-likeness (QED) is 0.558. The van der Waals surface area contributed by atoms with E-state index >= 15 is 0 Å². The second kappa shape index (κ2) is 4.70. The molecule has 1 aromatic carbocycles. The number of aromatic nitrogens is 1. The lowest BCUT2D eigenvalue weighted by molar-refractivity contribution is 0.828. The number of unbranched alkanes of at least 4 members (excludes halogenated alkanes) is 2. The molecule has 2 aromatic rings. The highest BCUT2D eigenvalue weighted by Gasteiger charge is 1.95. The summed E-state index contributed by atoms with van der Waals surface area (Å²) in [7, 11) is 0. The summed E-state index contributed by atoms with van der Waals surface area (Å²) in [5.41, 5.74) is 2.18. The zero-order valence-corrected chi connectivity index (χ0v) is 9.01. The van der Waals surface area contributed by atoms with Crippen molar-refractivity contribution in [1.82, 2.24) is 4.98 Å². The summed E-state index contributed by atoms with van der Waals surface area (Å²) in [6.07, 6.45) is 3.39. The van der Waals surface area contributed by atoms with Gasteiger partial charge in [0.05, 0.1) is 5.69 Å². The van der Waals surface area contributed by atoms with Gasteiger partial charge in [-0.1, -0.05) is 37.5 Å². The van der Waals surface area contributed by atoms with Gasteiger partial charge in [0.15, 0.2) is 0 Å². The second-order valence-corrected chi connectivity index (χ2v) is 3.68. The van der Waals surface area contributed by atoms with Gasteiger partial charge in [-0.05, 0) is 24.5 Å². The van der Waals surface area contributed by atoms with Crippen LogP contribution in [0.3, 0.4) is 0 Å². The molecule has 0 fully saturated rings. The minimum atomic E-state index is 0.992. The van der Waals surface area contributed by atoms with Crippen molar-refractivity contribution in [2.75, 3.05) is 0 Å². The first-order valence-electron chi connectivity index (χ1n) is 5.47. The van der Waals surface area contributed by atoms with E-state index in [0.29, 0.717) is 0 Å². The Balaban J connectivity index is 2.17. The number of fused-ring (bicyclic) bond motifs is 1. The Kier molecular flexibility index (Phi) is 3.09. The van der Waals surface area contributed by atoms with Crippen LogP contribution in [0.25, 0.3) is 10.9 Å². The normalized spacial score (nSPS) is 9.93. The third-order valence-corrected chi connectivity index (χ3v) is 2.41. The van der Waals surface area contributed by atoms with Crippen molar-refractivity contribution >= 4 is 10.9 Å². The molecular weight excluding hydrogens is 182 g/mol. The van der Waals surface area contributed by atoms with E-state index < -0.39 is 0 Å². The van der Waals surface area contributed by atoms with Crippen molar-refractivity contribution in [3.05, 3.63) is 36.0 Å². The molecule has 1 N–H and O–H groups in total. The molecule has 0 saturated carbocycles. The number of aromatic amines is 1. The lowest BCUT2D eigenvalue weighted by atomic mass is 10.2. The Morgan fingerprint density at radius 3 is 2.93 bits per heavy atom. The van der Waals surface area contributed by atoms with E-state index in [1.807, 2.05) is 12.1 Å². The fourth-order valence-corrected chi connectivity index (χ4v) is 1.56. The number of nitrogens with one attached hydrogen (secondary N) is 1. The predicted octanol–water partition coefficient (Wildman–Crippen LogP) is 3.71. The molecule has 1 aromatic heterocycles. The van der Waals surface area contributed by atoms with Crippen molar-refractivity contribution < 1.29 is 0 Å². The average Bonchev–Trinajstić information content (AvgIpc) is 2.67. The smallest absolute Gasteiger partial charge is 0.0904 e. The zero-order chi connectivity index (χ0) is 10.5. The van der Waals surface area contributed by atoms with E-state index in [1.54, 1.807) is 0 Å². The first-order valence-corrected chi connectivity index (χ1v) is 5.47. The molecule has 0 bridgehead atoms. The van der Waals surface area contributed by atoms with E-state index in [9.17, 15) is 0 Å². The SMILES string of the molecule is CCCCC#Cc1cc2ccccc2[nH]1. The first kappa shape index (κ1) is 9.86. The molecule has 1 heteroatoms. The van der Waals surface area contributed by atoms with Crippen molar-refractivity contribution in [2.24, 2.45) is 0 Å². The van der Waals surface area contributed by atoms with E-state index in [0.717, 1.165) is 17.6 Å². The van der Waals surface area contributed by atoms with Gasteiger partial charge in [-0.15, -0.1) is 0 Å². The van der Waals surface area contributed by atoms with E-state index in [-0.39, 0.29) is 0 Å². The maximum atomic E-state index is 3.30. The van der Waals surface area contributed by atoms with Gasteiger partial charge in [-0.2, -0.15) is 0 Å². The largest absolute Gasteiger partial charge is 0.348 e. The van der Waals surface area contributed by atoms with Gasteiger partial charge < -0.3 is 4.98 Å². The molecule has 76 valence electrons. The lowest BCUT2D eigenvalue weighted by Gasteiger charge is -1.84. The summed E-state index contributed by atoms with van der Waals surface area (Å²) in [5, 5.41) is 1.23. The Morgan fingerprint density at radius 2 is 2.13 bits per heavy atom. The predicted molar refractivity (Wildman–Crippen MR) is 64.7 cm³/mol. The Morgan fingerprint density at radius 1 is 1.27 bits per heavy atom. The van der Waals surface area contributed by atoms with Gasteiger partial charge >= 0.3 is 0 Å². The standard InChI is InChI=1S/C14H15N/c1-2-3-4-5-9-13-11-12-8-6-7-10-14(12)15-13/h6-8,10-11,15H,2-4H2,1H3. The van der Waals surface area contributed by atoms with Crippen LogP contribution < -0.4 is 0 Å². The molecule has 0 unspecified atom stereocenters. The van der Waals surface area contributed by atoms with Crippen LogP contribution in [0.1, 0.15) is 31.9 Å². The van der Waals surface area contributed by atoms with Gasteiger partial charge in [0.1, 0.15) is 0 Å². The Bertz CT molecular complexity index is 464. The van der Waals surface area contributed by atoms with Gasteiger partial charge in [0, 0.05) is 17.3 Å². The van der Waals surface area contributed by atoms with Crippen molar-refractivity contribution in [2.45, 2.75) is 26.2 Å². The van der Waals surface area contributed by atoms with Crippen molar-refractivity contribution in [3.63, 3.8) is 0 Å². The van der Waals surface area contributed by atoms with E-state index in [2.05, 4.69) is 41.9 Å². The number of hydrogen-bond acceptors (Lipinski definition) is 0. The van der Waals surface area contributed by atoms with Gasteiger partial charge in [0.25, 0.3) is 0 Å². The third-order valence-electron chi connectivity index (χ3n) is 2.41. The Labute approximate surface area is 90.5 Å².